The van der Waals surface area contributed by atoms with E-state index in [0.29, 0.717) is 15.9 Å². The average molecular weight is 528 g/mol. The Bertz CT molecular complexity index is 1270. The van der Waals surface area contributed by atoms with Crippen molar-refractivity contribution in [1.29, 1.82) is 0 Å². The number of anilines is 3. The molecule has 0 radical (unpaired) electrons. The minimum Gasteiger partial charge on any atom is -0.497 e. The van der Waals surface area contributed by atoms with E-state index in [0.717, 1.165) is 37.6 Å². The lowest BCUT2D eigenvalue weighted by Gasteiger charge is -2.37. The monoisotopic (exact) mass is 526 g/mol. The highest BCUT2D eigenvalue weighted by Crippen LogP contribution is 2.31. The molecule has 7 nitrogen and oxygen atoms in total. The second-order valence-electron chi connectivity index (χ2n) is 7.39. The van der Waals surface area contributed by atoms with Gasteiger partial charge in [-0.1, -0.05) is 40.9 Å². The molecular weight excluding hydrogens is 507 g/mol. The van der Waals surface area contributed by atoms with E-state index in [1.807, 2.05) is 18.2 Å². The van der Waals surface area contributed by atoms with Crippen LogP contribution >= 0.6 is 34.8 Å². The molecule has 3 aromatic rings. The highest BCUT2D eigenvalue weighted by atomic mass is 35.5. The summed E-state index contributed by atoms with van der Waals surface area (Å²) in [6, 6.07) is 13.7. The number of ether oxygens (including phenoxy) is 1. The summed E-state index contributed by atoms with van der Waals surface area (Å²) in [5, 5.41) is 0.728. The first-order valence-corrected chi connectivity index (χ1v) is 12.7. The quantitative estimate of drug-likeness (QED) is 0.476. The van der Waals surface area contributed by atoms with E-state index in [1.165, 1.54) is 24.4 Å². The van der Waals surface area contributed by atoms with Crippen molar-refractivity contribution < 1.29 is 13.2 Å². The minimum atomic E-state index is -3.93. The second kappa shape index (κ2) is 9.85. The average Bonchev–Trinajstić information content (AvgIpc) is 2.79. The van der Waals surface area contributed by atoms with Gasteiger partial charge in [0.1, 0.15) is 16.5 Å². The van der Waals surface area contributed by atoms with E-state index in [1.54, 1.807) is 13.2 Å². The standard InChI is InChI=1S/C22H21Cl3N4O3S/c1-32-18-4-2-3-17(13-18)28-7-9-29(10-8-28)22-20(25)12-16(14-26-22)27-33(30,31)21-6-5-15(23)11-19(21)24/h2-6,11-14,27H,7-10H2,1H3. The molecule has 0 atom stereocenters. The summed E-state index contributed by atoms with van der Waals surface area (Å²) >= 11 is 18.4. The van der Waals surface area contributed by atoms with E-state index in [4.69, 9.17) is 39.5 Å². The SMILES string of the molecule is COc1cccc(N2CCN(c3ncc(NS(=O)(=O)c4ccc(Cl)cc4Cl)cc3Cl)CC2)c1. The Balaban J connectivity index is 1.45. The predicted octanol–water partition coefficient (Wildman–Crippen LogP) is 5.18. The van der Waals surface area contributed by atoms with Gasteiger partial charge in [-0.15, -0.1) is 0 Å². The van der Waals surface area contributed by atoms with E-state index in [2.05, 4.69) is 25.6 Å². The Kier molecular flexibility index (Phi) is 7.09. The van der Waals surface area contributed by atoms with Crippen molar-refractivity contribution in [2.24, 2.45) is 0 Å². The molecule has 0 saturated carbocycles. The highest BCUT2D eigenvalue weighted by molar-refractivity contribution is 7.92. The fraction of sp³-hybridized carbons (Fsp3) is 0.227. The van der Waals surface area contributed by atoms with Gasteiger partial charge in [0.05, 0.1) is 29.0 Å². The van der Waals surface area contributed by atoms with Gasteiger partial charge in [-0.2, -0.15) is 0 Å². The van der Waals surface area contributed by atoms with Crippen LogP contribution in [-0.2, 0) is 10.0 Å². The van der Waals surface area contributed by atoms with E-state index < -0.39 is 10.0 Å². The Morgan fingerprint density at radius 2 is 1.67 bits per heavy atom. The highest BCUT2D eigenvalue weighted by Gasteiger charge is 2.22. The molecule has 33 heavy (non-hydrogen) atoms. The second-order valence-corrected chi connectivity index (χ2v) is 10.3. The van der Waals surface area contributed by atoms with Crippen LogP contribution in [0.4, 0.5) is 17.2 Å². The number of methoxy groups -OCH3 is 1. The van der Waals surface area contributed by atoms with Crippen LogP contribution in [0.5, 0.6) is 5.75 Å². The number of nitrogens with one attached hydrogen (secondary N) is 1. The smallest absolute Gasteiger partial charge is 0.263 e. The third kappa shape index (κ3) is 5.41. The van der Waals surface area contributed by atoms with Gasteiger partial charge in [-0.25, -0.2) is 13.4 Å². The number of halogens is 3. The third-order valence-corrected chi connectivity index (χ3v) is 7.63. The fourth-order valence-corrected chi connectivity index (χ4v) is 5.70. The van der Waals surface area contributed by atoms with Gasteiger partial charge in [0, 0.05) is 43.0 Å². The van der Waals surface area contributed by atoms with E-state index >= 15 is 0 Å². The number of hydrogen-bond donors (Lipinski definition) is 1. The molecule has 0 bridgehead atoms. The summed E-state index contributed by atoms with van der Waals surface area (Å²) in [6.45, 7) is 3.01. The summed E-state index contributed by atoms with van der Waals surface area (Å²) in [4.78, 5) is 8.68. The number of nitrogens with zero attached hydrogens (tertiary/aromatic N) is 3. The maximum atomic E-state index is 12.7. The first-order chi connectivity index (χ1) is 15.8. The van der Waals surface area contributed by atoms with Gasteiger partial charge in [-0.05, 0) is 36.4 Å². The summed E-state index contributed by atoms with van der Waals surface area (Å²) in [5.41, 5.74) is 1.34. The van der Waals surface area contributed by atoms with Gasteiger partial charge >= 0.3 is 0 Å². The van der Waals surface area contributed by atoms with Crippen LogP contribution in [0.25, 0.3) is 0 Å². The number of rotatable bonds is 6. The maximum absolute atomic E-state index is 12.7. The molecule has 174 valence electrons. The molecule has 1 N–H and O–H groups in total. The number of sulfonamides is 1. The molecular formula is C22H21Cl3N4O3S. The first kappa shape index (κ1) is 23.8. The zero-order valence-corrected chi connectivity index (χ0v) is 20.7. The minimum absolute atomic E-state index is 0.0274. The Hall–Kier alpha value is -2.39. The van der Waals surface area contributed by atoms with Crippen molar-refractivity contribution in [2.45, 2.75) is 4.90 Å². The van der Waals surface area contributed by atoms with Crippen LogP contribution in [0.3, 0.4) is 0 Å². The lowest BCUT2D eigenvalue weighted by Crippen LogP contribution is -2.47. The lowest BCUT2D eigenvalue weighted by molar-refractivity contribution is 0.414. The molecule has 2 heterocycles. The summed E-state index contributed by atoms with van der Waals surface area (Å²) < 4.78 is 33.2. The Labute approximate surface area is 207 Å². The fourth-order valence-electron chi connectivity index (χ4n) is 3.61. The Morgan fingerprint density at radius 3 is 2.33 bits per heavy atom. The molecule has 1 aromatic heterocycles. The largest absolute Gasteiger partial charge is 0.497 e. The number of aromatic nitrogens is 1. The van der Waals surface area contributed by atoms with Gasteiger partial charge in [0.25, 0.3) is 10.0 Å². The van der Waals surface area contributed by atoms with Crippen LogP contribution in [-0.4, -0.2) is 46.7 Å². The first-order valence-electron chi connectivity index (χ1n) is 10.0. The molecule has 1 saturated heterocycles. The molecule has 1 fully saturated rings. The van der Waals surface area contributed by atoms with Crippen molar-refractivity contribution in [3.05, 3.63) is 69.8 Å². The normalized spacial score (nSPS) is 14.3. The van der Waals surface area contributed by atoms with Crippen molar-refractivity contribution in [1.82, 2.24) is 4.98 Å². The summed E-state index contributed by atoms with van der Waals surface area (Å²) in [7, 11) is -2.28. The molecule has 0 unspecified atom stereocenters. The zero-order valence-electron chi connectivity index (χ0n) is 17.6. The molecule has 0 aliphatic carbocycles. The maximum Gasteiger partial charge on any atom is 0.263 e. The van der Waals surface area contributed by atoms with Gasteiger partial charge in [0.15, 0.2) is 0 Å². The zero-order chi connectivity index (χ0) is 23.6. The van der Waals surface area contributed by atoms with Gasteiger partial charge in [-0.3, -0.25) is 4.72 Å². The van der Waals surface area contributed by atoms with Crippen molar-refractivity contribution in [3.63, 3.8) is 0 Å². The topological polar surface area (TPSA) is 74.8 Å². The van der Waals surface area contributed by atoms with Crippen molar-refractivity contribution in [2.75, 3.05) is 47.8 Å². The molecule has 1 aliphatic rings. The lowest BCUT2D eigenvalue weighted by atomic mass is 10.2. The molecule has 11 heteroatoms. The number of hydrogen-bond acceptors (Lipinski definition) is 6. The van der Waals surface area contributed by atoms with Crippen molar-refractivity contribution in [3.8, 4) is 5.75 Å². The van der Waals surface area contributed by atoms with Crippen LogP contribution in [0.15, 0.2) is 59.6 Å². The van der Waals surface area contributed by atoms with Crippen LogP contribution in [0, 0.1) is 0 Å². The van der Waals surface area contributed by atoms with E-state index in [9.17, 15) is 8.42 Å². The molecule has 0 amide bonds. The number of benzene rings is 2. The van der Waals surface area contributed by atoms with Crippen LogP contribution in [0.1, 0.15) is 0 Å². The van der Waals surface area contributed by atoms with Crippen LogP contribution < -0.4 is 19.3 Å². The molecule has 2 aromatic carbocycles. The van der Waals surface area contributed by atoms with E-state index in [-0.39, 0.29) is 15.6 Å². The predicted molar refractivity (Wildman–Crippen MR) is 134 cm³/mol. The summed E-state index contributed by atoms with van der Waals surface area (Å²) in [6.07, 6.45) is 1.44. The van der Waals surface area contributed by atoms with Gasteiger partial charge in [0.2, 0.25) is 0 Å². The Morgan fingerprint density at radius 1 is 0.939 bits per heavy atom. The third-order valence-electron chi connectivity index (χ3n) is 5.26. The van der Waals surface area contributed by atoms with Gasteiger partial charge < -0.3 is 14.5 Å². The number of piperazine rings is 1. The van der Waals surface area contributed by atoms with Crippen LogP contribution in [0.2, 0.25) is 15.1 Å². The molecule has 4 rings (SSSR count). The molecule has 1 aliphatic heterocycles. The molecule has 0 spiro atoms. The summed E-state index contributed by atoms with van der Waals surface area (Å²) in [5.74, 6) is 1.42. The number of pyridine rings is 1. The van der Waals surface area contributed by atoms with Crippen molar-refractivity contribution >= 4 is 62.0 Å².